The Labute approximate surface area is 307 Å². The largest absolute Gasteiger partial charge is 0.456 e. The van der Waals surface area contributed by atoms with Gasteiger partial charge in [-0.15, -0.1) is 11.3 Å². The molecule has 0 unspecified atom stereocenters. The van der Waals surface area contributed by atoms with Gasteiger partial charge >= 0.3 is 0 Å². The number of hydrogen-bond donors (Lipinski definition) is 0. The summed E-state index contributed by atoms with van der Waals surface area (Å²) in [7, 11) is 0. The molecule has 10 rings (SSSR count). The molecule has 0 atom stereocenters. The number of fused-ring (bicyclic) bond motifs is 6. The first-order valence-corrected chi connectivity index (χ1v) is 16.5. The number of hydrogen-bond acceptors (Lipinski definition) is 5. The van der Waals surface area contributed by atoms with Gasteiger partial charge < -0.3 is 4.42 Å². The molecule has 0 N–H and O–H groups in total. The first kappa shape index (κ1) is 19.5. The highest BCUT2D eigenvalue weighted by Crippen LogP contribution is 2.39. The summed E-state index contributed by atoms with van der Waals surface area (Å²) in [4.78, 5) is 14.5. The molecule has 0 aliphatic heterocycles. The molecule has 0 aliphatic carbocycles. The fourth-order valence-corrected chi connectivity index (χ4v) is 7.26. The molecule has 50 heavy (non-hydrogen) atoms. The Morgan fingerprint density at radius 2 is 1.14 bits per heavy atom. The van der Waals surface area contributed by atoms with Crippen molar-refractivity contribution in [2.75, 3.05) is 0 Å². The number of thiophene rings is 1. The van der Waals surface area contributed by atoms with E-state index in [0.29, 0.717) is 11.1 Å². The summed E-state index contributed by atoms with van der Waals surface area (Å²) in [6.45, 7) is 0. The van der Waals surface area contributed by atoms with E-state index in [0.717, 1.165) is 31.3 Å². The SMILES string of the molecule is [2H]c1c([2H])c([2H])c(-c2c([2H])c([2H])c([2H])c3oc4c([2H])c(-c5nc(-c6ccc(-c7ccccc7)cc6)nc(-c6ccc7sc8ccccc8c7c6)n5)c([2H])c([2H])c4c23)c([2H])c1[2H]. The van der Waals surface area contributed by atoms with Gasteiger partial charge in [0.25, 0.3) is 0 Å². The first-order valence-electron chi connectivity index (χ1n) is 21.2. The molecule has 5 heteroatoms. The van der Waals surface area contributed by atoms with Crippen LogP contribution in [0.1, 0.15) is 15.1 Å². The monoisotopic (exact) mass is 668 g/mol. The predicted molar refractivity (Wildman–Crippen MR) is 207 cm³/mol. The van der Waals surface area contributed by atoms with Gasteiger partial charge in [0.2, 0.25) is 0 Å². The van der Waals surface area contributed by atoms with Crippen molar-refractivity contribution in [3.8, 4) is 56.4 Å². The van der Waals surface area contributed by atoms with Gasteiger partial charge in [-0.05, 0) is 64.6 Å². The highest BCUT2D eigenvalue weighted by atomic mass is 32.1. The van der Waals surface area contributed by atoms with Crippen molar-refractivity contribution < 1.29 is 19.5 Å². The Morgan fingerprint density at radius 3 is 1.98 bits per heavy atom. The minimum Gasteiger partial charge on any atom is -0.456 e. The second-order valence-corrected chi connectivity index (χ2v) is 12.7. The van der Waals surface area contributed by atoms with Gasteiger partial charge in [-0.2, -0.15) is 0 Å². The maximum absolute atomic E-state index is 9.52. The van der Waals surface area contributed by atoms with Crippen molar-refractivity contribution in [2.45, 2.75) is 0 Å². The average molecular weight is 669 g/mol. The summed E-state index contributed by atoms with van der Waals surface area (Å²) in [6.07, 6.45) is 0. The van der Waals surface area contributed by atoms with Crippen LogP contribution in [0, 0.1) is 0 Å². The molecule has 7 aromatic carbocycles. The molecule has 0 saturated heterocycles. The second kappa shape index (κ2) is 11.6. The van der Waals surface area contributed by atoms with Gasteiger partial charge in [0, 0.05) is 47.6 Å². The van der Waals surface area contributed by atoms with Crippen molar-refractivity contribution in [3.63, 3.8) is 0 Å². The lowest BCUT2D eigenvalue weighted by molar-refractivity contribution is 0.669. The molecule has 3 heterocycles. The zero-order valence-electron chi connectivity index (χ0n) is 36.9. The van der Waals surface area contributed by atoms with E-state index in [1.165, 1.54) is 0 Å². The Hall–Kier alpha value is -6.43. The Morgan fingerprint density at radius 1 is 0.460 bits per heavy atom. The van der Waals surface area contributed by atoms with Crippen LogP contribution >= 0.6 is 11.3 Å². The van der Waals surface area contributed by atoms with Crippen LogP contribution < -0.4 is 0 Å². The summed E-state index contributed by atoms with van der Waals surface area (Å²) in [5.41, 5.74) is 1.65. The van der Waals surface area contributed by atoms with Crippen molar-refractivity contribution in [1.82, 2.24) is 15.0 Å². The second-order valence-electron chi connectivity index (χ2n) is 11.6. The minimum atomic E-state index is -0.684. The zero-order chi connectivity index (χ0) is 42.6. The van der Waals surface area contributed by atoms with Gasteiger partial charge in [0.1, 0.15) is 11.2 Å². The minimum absolute atomic E-state index is 0.104. The van der Waals surface area contributed by atoms with Gasteiger partial charge in [0.15, 0.2) is 17.5 Å². The van der Waals surface area contributed by atoms with E-state index in [1.807, 2.05) is 91.0 Å². The average Bonchev–Trinajstić information content (AvgIpc) is 3.87. The van der Waals surface area contributed by atoms with Gasteiger partial charge in [-0.3, -0.25) is 0 Å². The van der Waals surface area contributed by atoms with E-state index in [4.69, 9.17) is 30.3 Å². The summed E-state index contributed by atoms with van der Waals surface area (Å²) in [6, 6.07) is 24.8. The van der Waals surface area contributed by atoms with Crippen LogP contribution in [0.3, 0.4) is 0 Å². The normalized spacial score (nSPS) is 14.7. The summed E-state index contributed by atoms with van der Waals surface area (Å²) < 4.78 is 105. The Bertz CT molecular complexity index is 3470. The molecular weight excluding hydrogens is 631 g/mol. The number of nitrogens with zero attached hydrogens (tertiary/aromatic N) is 3. The van der Waals surface area contributed by atoms with Crippen LogP contribution in [0.5, 0.6) is 0 Å². The van der Waals surface area contributed by atoms with E-state index in [-0.39, 0.29) is 50.5 Å². The standard InChI is InChI=1S/C45H27N3OS/c1-3-10-28(11-4-1)29-18-20-31(21-19-29)43-46-44(32-23-25-41-37(26-32)35-14-7-8-17-40(35)50-41)48-45(47-43)33-22-24-36-39(27-33)49-38-16-9-15-34(42(36)38)30-12-5-2-6-13-30/h1-27H/i2D,5D,6D,9D,12D,13D,15D,16D,22D,24D,27D. The number of furan rings is 1. The molecule has 0 amide bonds. The van der Waals surface area contributed by atoms with Crippen LogP contribution in [0.2, 0.25) is 0 Å². The van der Waals surface area contributed by atoms with Crippen molar-refractivity contribution in [2.24, 2.45) is 0 Å². The van der Waals surface area contributed by atoms with Gasteiger partial charge in [-0.25, -0.2) is 15.0 Å². The van der Waals surface area contributed by atoms with Gasteiger partial charge in [-0.1, -0.05) is 121 Å². The van der Waals surface area contributed by atoms with Crippen LogP contribution in [0.25, 0.3) is 98.5 Å². The third-order valence-electron chi connectivity index (χ3n) is 8.57. The molecule has 3 aromatic heterocycles. The van der Waals surface area contributed by atoms with E-state index in [1.54, 1.807) is 11.3 Å². The van der Waals surface area contributed by atoms with Crippen LogP contribution in [-0.2, 0) is 0 Å². The molecular formula is C45H27N3OS. The lowest BCUT2D eigenvalue weighted by Crippen LogP contribution is -2.00. The molecule has 0 aliphatic rings. The maximum atomic E-state index is 9.52. The lowest BCUT2D eigenvalue weighted by atomic mass is 9.99. The van der Waals surface area contributed by atoms with Crippen molar-refractivity contribution in [3.05, 3.63) is 164 Å². The predicted octanol–water partition coefficient (Wildman–Crippen LogP) is 12.5. The highest BCUT2D eigenvalue weighted by Gasteiger charge is 2.17. The quantitative estimate of drug-likeness (QED) is 0.183. The molecule has 0 spiro atoms. The summed E-state index contributed by atoms with van der Waals surface area (Å²) in [5, 5.41) is 1.68. The van der Waals surface area contributed by atoms with Crippen molar-refractivity contribution in [1.29, 1.82) is 0 Å². The van der Waals surface area contributed by atoms with E-state index < -0.39 is 72.0 Å². The zero-order valence-corrected chi connectivity index (χ0v) is 26.7. The van der Waals surface area contributed by atoms with E-state index >= 15 is 0 Å². The van der Waals surface area contributed by atoms with Crippen LogP contribution in [0.4, 0.5) is 0 Å². The van der Waals surface area contributed by atoms with E-state index in [2.05, 4.69) is 6.07 Å². The number of aromatic nitrogens is 3. The Kier molecular flexibility index (Phi) is 4.54. The third kappa shape index (κ3) is 4.87. The fourth-order valence-electron chi connectivity index (χ4n) is 6.18. The number of rotatable bonds is 5. The smallest absolute Gasteiger partial charge is 0.164 e. The molecule has 4 nitrogen and oxygen atoms in total. The fraction of sp³-hybridized carbons (Fsp3) is 0. The molecule has 0 bridgehead atoms. The van der Waals surface area contributed by atoms with Crippen LogP contribution in [0.15, 0.2) is 168 Å². The topological polar surface area (TPSA) is 51.8 Å². The first-order chi connectivity index (χ1) is 29.3. The molecule has 0 fully saturated rings. The highest BCUT2D eigenvalue weighted by molar-refractivity contribution is 7.25. The molecule has 0 saturated carbocycles. The Balaban J connectivity index is 1.24. The number of benzene rings is 7. The molecule has 234 valence electrons. The van der Waals surface area contributed by atoms with Gasteiger partial charge in [0.05, 0.1) is 15.1 Å². The molecule has 0 radical (unpaired) electrons. The summed E-state index contributed by atoms with van der Waals surface area (Å²) in [5.74, 6) is 0.376. The third-order valence-corrected chi connectivity index (χ3v) is 9.72. The van der Waals surface area contributed by atoms with Crippen LogP contribution in [-0.4, -0.2) is 15.0 Å². The summed E-state index contributed by atoms with van der Waals surface area (Å²) >= 11 is 1.66. The van der Waals surface area contributed by atoms with E-state index in [9.17, 15) is 4.11 Å². The maximum Gasteiger partial charge on any atom is 0.164 e. The molecule has 10 aromatic rings. The van der Waals surface area contributed by atoms with Crippen molar-refractivity contribution >= 4 is 53.4 Å². The lowest BCUT2D eigenvalue weighted by Gasteiger charge is -2.09.